The van der Waals surface area contributed by atoms with Gasteiger partial charge in [0.25, 0.3) is 5.76 Å². The van der Waals surface area contributed by atoms with Crippen LogP contribution >= 0.6 is 34.9 Å². The number of alkyl halides is 2. The van der Waals surface area contributed by atoms with E-state index in [0.717, 1.165) is 22.5 Å². The summed E-state index contributed by atoms with van der Waals surface area (Å²) in [5, 5.41) is 14.7. The van der Waals surface area contributed by atoms with Crippen molar-refractivity contribution in [1.29, 1.82) is 0 Å². The summed E-state index contributed by atoms with van der Waals surface area (Å²) in [5.41, 5.74) is 3.63. The highest BCUT2D eigenvalue weighted by Crippen LogP contribution is 2.30. The van der Waals surface area contributed by atoms with E-state index in [9.17, 15) is 13.6 Å². The first-order valence-electron chi connectivity index (χ1n) is 8.54. The number of rotatable bonds is 8. The van der Waals surface area contributed by atoms with E-state index in [4.69, 9.17) is 0 Å². The highest BCUT2D eigenvalue weighted by Gasteiger charge is 2.10. The van der Waals surface area contributed by atoms with Crippen LogP contribution in [0.3, 0.4) is 0 Å². The molecule has 0 bridgehead atoms. The summed E-state index contributed by atoms with van der Waals surface area (Å²) < 4.78 is 25.4. The van der Waals surface area contributed by atoms with E-state index in [1.54, 1.807) is 24.3 Å². The molecule has 0 aliphatic carbocycles. The second-order valence-electron chi connectivity index (χ2n) is 6.06. The minimum atomic E-state index is -2.44. The van der Waals surface area contributed by atoms with Crippen molar-refractivity contribution < 1.29 is 13.6 Å². The van der Waals surface area contributed by atoms with E-state index in [0.29, 0.717) is 26.1 Å². The molecule has 0 aliphatic heterocycles. The van der Waals surface area contributed by atoms with Crippen LogP contribution in [0.25, 0.3) is 0 Å². The van der Waals surface area contributed by atoms with Gasteiger partial charge in [0.15, 0.2) is 4.34 Å². The average Bonchev–Trinajstić information content (AvgIpc) is 3.12. The van der Waals surface area contributed by atoms with Crippen molar-refractivity contribution >= 4 is 57.3 Å². The van der Waals surface area contributed by atoms with Crippen LogP contribution < -0.4 is 10.6 Å². The fraction of sp³-hybridized carbons (Fsp3) is 0.211. The molecule has 0 radical (unpaired) electrons. The van der Waals surface area contributed by atoms with Gasteiger partial charge in [-0.3, -0.25) is 4.79 Å². The Balaban J connectivity index is 1.51. The standard InChI is InChI=1S/C19H18F2N4OS3/c1-11-3-4-12(2)15(9-11)23-16(26)10-27-19-25-24-18(29-19)22-13-5-7-14(8-6-13)28-17(20)21/h3-9,17H,10H2,1-2H3,(H,22,24)(H,23,26). The number of nitrogens with one attached hydrogen (secondary N) is 2. The quantitative estimate of drug-likeness (QED) is 0.412. The lowest BCUT2D eigenvalue weighted by atomic mass is 10.1. The van der Waals surface area contributed by atoms with Gasteiger partial charge in [-0.05, 0) is 55.3 Å². The Morgan fingerprint density at radius 1 is 1.14 bits per heavy atom. The molecule has 0 spiro atoms. The van der Waals surface area contributed by atoms with Gasteiger partial charge >= 0.3 is 0 Å². The smallest absolute Gasteiger partial charge is 0.288 e. The van der Waals surface area contributed by atoms with E-state index in [1.165, 1.54) is 23.1 Å². The summed E-state index contributed by atoms with van der Waals surface area (Å²) in [6.45, 7) is 3.93. The third-order valence-corrected chi connectivity index (χ3v) is 6.43. The summed E-state index contributed by atoms with van der Waals surface area (Å²) in [6, 6.07) is 12.6. The van der Waals surface area contributed by atoms with Crippen LogP contribution in [-0.2, 0) is 4.79 Å². The van der Waals surface area contributed by atoms with E-state index in [-0.39, 0.29) is 11.7 Å². The summed E-state index contributed by atoms with van der Waals surface area (Å²) in [6.07, 6.45) is 0. The SMILES string of the molecule is Cc1ccc(C)c(NC(=O)CSc2nnc(Nc3ccc(SC(F)F)cc3)s2)c1. The van der Waals surface area contributed by atoms with Crippen molar-refractivity contribution in [3.05, 3.63) is 53.6 Å². The average molecular weight is 453 g/mol. The number of aromatic nitrogens is 2. The molecule has 1 amide bonds. The number of nitrogens with zero attached hydrogens (tertiary/aromatic N) is 2. The maximum atomic E-state index is 12.4. The number of amides is 1. The number of carbonyl (C=O) groups is 1. The molecule has 0 aliphatic rings. The topological polar surface area (TPSA) is 66.9 Å². The van der Waals surface area contributed by atoms with Gasteiger partial charge in [-0.25, -0.2) is 0 Å². The van der Waals surface area contributed by atoms with Gasteiger partial charge in [0, 0.05) is 16.3 Å². The second kappa shape index (κ2) is 10.0. The van der Waals surface area contributed by atoms with E-state index < -0.39 is 5.76 Å². The fourth-order valence-corrected chi connectivity index (χ4v) is 4.42. The molecule has 29 heavy (non-hydrogen) atoms. The van der Waals surface area contributed by atoms with Gasteiger partial charge in [0.1, 0.15) is 0 Å². The Hall–Kier alpha value is -2.17. The molecule has 152 valence electrons. The van der Waals surface area contributed by atoms with Crippen molar-refractivity contribution in [3.63, 3.8) is 0 Å². The third kappa shape index (κ3) is 6.69. The molecule has 0 saturated heterocycles. The van der Waals surface area contributed by atoms with Crippen molar-refractivity contribution in [1.82, 2.24) is 10.2 Å². The molecular formula is C19H18F2N4OS3. The van der Waals surface area contributed by atoms with Crippen LogP contribution in [0, 0.1) is 13.8 Å². The van der Waals surface area contributed by atoms with Gasteiger partial charge in [0.05, 0.1) is 5.75 Å². The Labute approximate surface area is 179 Å². The van der Waals surface area contributed by atoms with E-state index in [1.807, 2.05) is 32.0 Å². The summed E-state index contributed by atoms with van der Waals surface area (Å²) >= 11 is 3.13. The maximum absolute atomic E-state index is 12.4. The lowest BCUT2D eigenvalue weighted by Gasteiger charge is -2.08. The van der Waals surface area contributed by atoms with Crippen LogP contribution in [0.1, 0.15) is 11.1 Å². The molecule has 2 aromatic carbocycles. The zero-order chi connectivity index (χ0) is 20.8. The summed E-state index contributed by atoms with van der Waals surface area (Å²) in [5.74, 6) is -2.33. The molecular weight excluding hydrogens is 434 g/mol. The van der Waals surface area contributed by atoms with Gasteiger partial charge in [-0.1, -0.05) is 47.0 Å². The number of carbonyl (C=O) groups excluding carboxylic acids is 1. The number of aryl methyl sites for hydroxylation is 2. The monoisotopic (exact) mass is 452 g/mol. The lowest BCUT2D eigenvalue weighted by molar-refractivity contribution is -0.113. The number of halogens is 2. The summed E-state index contributed by atoms with van der Waals surface area (Å²) in [7, 11) is 0. The van der Waals surface area contributed by atoms with Crippen LogP contribution in [-0.4, -0.2) is 27.6 Å². The lowest BCUT2D eigenvalue weighted by Crippen LogP contribution is -2.14. The molecule has 1 aromatic heterocycles. The first-order chi connectivity index (χ1) is 13.9. The van der Waals surface area contributed by atoms with Gasteiger partial charge in [-0.2, -0.15) is 8.78 Å². The van der Waals surface area contributed by atoms with Crippen molar-refractivity contribution in [2.45, 2.75) is 28.8 Å². The number of thioether (sulfide) groups is 2. The van der Waals surface area contributed by atoms with Crippen LogP contribution in [0.2, 0.25) is 0 Å². The zero-order valence-electron chi connectivity index (χ0n) is 15.6. The molecule has 1 heterocycles. The van der Waals surface area contributed by atoms with Gasteiger partial charge in [0.2, 0.25) is 11.0 Å². The number of anilines is 3. The minimum absolute atomic E-state index is 0.111. The molecule has 0 saturated carbocycles. The van der Waals surface area contributed by atoms with Crippen molar-refractivity contribution in [3.8, 4) is 0 Å². The van der Waals surface area contributed by atoms with E-state index in [2.05, 4.69) is 20.8 Å². The van der Waals surface area contributed by atoms with Crippen molar-refractivity contribution in [2.24, 2.45) is 0 Å². The molecule has 3 rings (SSSR count). The zero-order valence-corrected chi connectivity index (χ0v) is 18.1. The minimum Gasteiger partial charge on any atom is -0.330 e. The predicted octanol–water partition coefficient (Wildman–Crippen LogP) is 5.94. The summed E-state index contributed by atoms with van der Waals surface area (Å²) in [4.78, 5) is 12.7. The van der Waals surface area contributed by atoms with Crippen LogP contribution in [0.4, 0.5) is 25.3 Å². The van der Waals surface area contributed by atoms with Gasteiger partial charge < -0.3 is 10.6 Å². The largest absolute Gasteiger partial charge is 0.330 e. The first-order valence-corrected chi connectivity index (χ1v) is 11.2. The van der Waals surface area contributed by atoms with Crippen LogP contribution in [0.5, 0.6) is 0 Å². The Bertz CT molecular complexity index is 980. The highest BCUT2D eigenvalue weighted by molar-refractivity contribution is 8.01. The Morgan fingerprint density at radius 2 is 1.90 bits per heavy atom. The highest BCUT2D eigenvalue weighted by atomic mass is 32.2. The number of hydrogen-bond acceptors (Lipinski definition) is 7. The van der Waals surface area contributed by atoms with Gasteiger partial charge in [-0.15, -0.1) is 10.2 Å². The molecule has 0 atom stereocenters. The normalized spacial score (nSPS) is 10.9. The Morgan fingerprint density at radius 3 is 2.62 bits per heavy atom. The molecule has 10 heteroatoms. The first kappa shape index (κ1) is 21.5. The molecule has 5 nitrogen and oxygen atoms in total. The molecule has 2 N–H and O–H groups in total. The second-order valence-corrected chi connectivity index (χ2v) is 9.32. The number of hydrogen-bond donors (Lipinski definition) is 2. The molecule has 3 aromatic rings. The predicted molar refractivity (Wildman–Crippen MR) is 117 cm³/mol. The van der Waals surface area contributed by atoms with Crippen molar-refractivity contribution in [2.75, 3.05) is 16.4 Å². The maximum Gasteiger partial charge on any atom is 0.288 e. The molecule has 0 fully saturated rings. The Kier molecular flexibility index (Phi) is 7.45. The number of benzene rings is 2. The fourth-order valence-electron chi connectivity index (χ4n) is 2.35. The molecule has 0 unspecified atom stereocenters. The third-order valence-electron chi connectivity index (χ3n) is 3.73. The van der Waals surface area contributed by atoms with Crippen LogP contribution in [0.15, 0.2) is 51.7 Å². The van der Waals surface area contributed by atoms with E-state index >= 15 is 0 Å².